The molecule has 0 aliphatic heterocycles. The fourth-order valence-electron chi connectivity index (χ4n) is 3.37. The van der Waals surface area contributed by atoms with Crippen LogP contribution < -0.4 is 10.6 Å². The highest BCUT2D eigenvalue weighted by molar-refractivity contribution is 14.0. The summed E-state index contributed by atoms with van der Waals surface area (Å²) in [6, 6.07) is 8.00. The summed E-state index contributed by atoms with van der Waals surface area (Å²) in [5, 5.41) is 7.81. The summed E-state index contributed by atoms with van der Waals surface area (Å²) in [5.74, 6) is 1.49. The monoisotopic (exact) mass is 527 g/mol. The Morgan fingerprint density at radius 2 is 2.22 bits per heavy atom. The molecule has 1 aliphatic rings. The molecular weight excluding hydrogens is 497 g/mol. The molecule has 2 rings (SSSR count). The van der Waals surface area contributed by atoms with Crippen molar-refractivity contribution in [2.45, 2.75) is 50.0 Å². The van der Waals surface area contributed by atoms with Gasteiger partial charge in [-0.1, -0.05) is 37.1 Å². The van der Waals surface area contributed by atoms with Crippen LogP contribution in [0.15, 0.2) is 29.3 Å². The Morgan fingerprint density at radius 3 is 2.85 bits per heavy atom. The molecule has 0 aromatic heterocycles. The lowest BCUT2D eigenvalue weighted by molar-refractivity contribution is 0.106. The smallest absolute Gasteiger partial charge is 0.191 e. The van der Waals surface area contributed by atoms with Gasteiger partial charge in [0.1, 0.15) is 0 Å². The van der Waals surface area contributed by atoms with E-state index in [0.29, 0.717) is 22.9 Å². The maximum atomic E-state index is 12.1. The Labute approximate surface area is 187 Å². The molecule has 0 radical (unpaired) electrons. The minimum Gasteiger partial charge on any atom is -0.375 e. The van der Waals surface area contributed by atoms with E-state index in [1.165, 1.54) is 0 Å². The van der Waals surface area contributed by atoms with Crippen molar-refractivity contribution in [1.82, 2.24) is 10.6 Å². The van der Waals surface area contributed by atoms with E-state index in [9.17, 15) is 4.21 Å². The number of halogens is 2. The molecule has 1 aromatic carbocycles. The van der Waals surface area contributed by atoms with Crippen LogP contribution in [0.5, 0.6) is 0 Å². The van der Waals surface area contributed by atoms with Crippen LogP contribution >= 0.6 is 35.6 Å². The van der Waals surface area contributed by atoms with Crippen LogP contribution in [0.4, 0.5) is 0 Å². The van der Waals surface area contributed by atoms with Gasteiger partial charge in [0.2, 0.25) is 0 Å². The van der Waals surface area contributed by atoms with Gasteiger partial charge in [0.25, 0.3) is 0 Å². The third-order valence-electron chi connectivity index (χ3n) is 4.81. The third kappa shape index (κ3) is 7.87. The van der Waals surface area contributed by atoms with Gasteiger partial charge in [0, 0.05) is 53.6 Å². The normalized spacial score (nSPS) is 22.4. The summed E-state index contributed by atoms with van der Waals surface area (Å²) in [6.45, 7) is 2.59. The second kappa shape index (κ2) is 13.0. The molecule has 2 N–H and O–H groups in total. The maximum Gasteiger partial charge on any atom is 0.191 e. The molecule has 154 valence electrons. The fraction of sp³-hybridized carbons (Fsp3) is 0.632. The van der Waals surface area contributed by atoms with E-state index in [1.807, 2.05) is 31.2 Å². The maximum absolute atomic E-state index is 12.1. The van der Waals surface area contributed by atoms with E-state index < -0.39 is 10.8 Å². The highest BCUT2D eigenvalue weighted by Gasteiger charge is 2.26. The lowest BCUT2D eigenvalue weighted by Crippen LogP contribution is -2.47. The standard InChI is InChI=1S/C19H30ClN3O2S.HI/c1-4-26(24)17-10-6-9-16(12-17)23-19(21-2)22-13-18(25-3)14-7-5-8-15(20)11-14;/h5,7-8,11,16-18H,4,6,9-10,12-13H2,1-3H3,(H2,21,22,23);1H. The number of hydrogen-bond donors (Lipinski definition) is 2. The Morgan fingerprint density at radius 1 is 1.44 bits per heavy atom. The molecule has 1 fully saturated rings. The van der Waals surface area contributed by atoms with Crippen molar-refractivity contribution < 1.29 is 8.95 Å². The Balaban J connectivity index is 0.00000364. The van der Waals surface area contributed by atoms with Gasteiger partial charge in [0.15, 0.2) is 5.96 Å². The van der Waals surface area contributed by atoms with Crippen molar-refractivity contribution in [1.29, 1.82) is 0 Å². The van der Waals surface area contributed by atoms with E-state index in [2.05, 4.69) is 15.6 Å². The quantitative estimate of drug-likeness (QED) is 0.321. The van der Waals surface area contributed by atoms with Crippen molar-refractivity contribution in [2.75, 3.05) is 26.5 Å². The lowest BCUT2D eigenvalue weighted by atomic mass is 9.95. The van der Waals surface area contributed by atoms with E-state index in [1.54, 1.807) is 14.2 Å². The average molecular weight is 528 g/mol. The summed E-state index contributed by atoms with van der Waals surface area (Å²) >= 11 is 6.08. The molecular formula is C19H31ClIN3O2S. The van der Waals surface area contributed by atoms with Crippen LogP contribution in [0.25, 0.3) is 0 Å². The first-order valence-corrected chi connectivity index (χ1v) is 11.0. The zero-order valence-corrected chi connectivity index (χ0v) is 20.1. The lowest BCUT2D eigenvalue weighted by Gasteiger charge is -2.30. The molecule has 0 spiro atoms. The largest absolute Gasteiger partial charge is 0.375 e. The van der Waals surface area contributed by atoms with Crippen LogP contribution in [-0.4, -0.2) is 47.9 Å². The number of rotatable bonds is 7. The summed E-state index contributed by atoms with van der Waals surface area (Å²) in [6.07, 6.45) is 4.07. The van der Waals surface area contributed by atoms with Gasteiger partial charge in [-0.05, 0) is 37.0 Å². The average Bonchev–Trinajstić information content (AvgIpc) is 2.67. The second-order valence-corrected chi connectivity index (χ2v) is 8.97. The molecule has 0 amide bonds. The number of methoxy groups -OCH3 is 1. The zero-order chi connectivity index (χ0) is 18.9. The van der Waals surface area contributed by atoms with Crippen LogP contribution in [0.2, 0.25) is 5.02 Å². The SMILES string of the molecule is CCS(=O)C1CCCC(NC(=NC)NCC(OC)c2cccc(Cl)c2)C1.I. The van der Waals surface area contributed by atoms with Crippen LogP contribution in [0.3, 0.4) is 0 Å². The first-order valence-electron chi connectivity index (χ1n) is 9.20. The molecule has 1 aromatic rings. The molecule has 0 saturated heterocycles. The van der Waals surface area contributed by atoms with Gasteiger partial charge in [0.05, 0.1) is 6.10 Å². The molecule has 5 nitrogen and oxygen atoms in total. The van der Waals surface area contributed by atoms with Crippen LogP contribution in [-0.2, 0) is 15.5 Å². The predicted octanol–water partition coefficient (Wildman–Crippen LogP) is 3.89. The summed E-state index contributed by atoms with van der Waals surface area (Å²) in [4.78, 5) is 4.33. The minimum atomic E-state index is -0.723. The van der Waals surface area contributed by atoms with E-state index in [-0.39, 0.29) is 30.1 Å². The number of nitrogens with one attached hydrogen (secondary N) is 2. The number of hydrogen-bond acceptors (Lipinski definition) is 3. The number of nitrogens with zero attached hydrogens (tertiary/aromatic N) is 1. The van der Waals surface area contributed by atoms with Crippen LogP contribution in [0, 0.1) is 0 Å². The molecule has 4 unspecified atom stereocenters. The third-order valence-corrected chi connectivity index (χ3v) is 6.78. The van der Waals surface area contributed by atoms with Gasteiger partial charge in [-0.2, -0.15) is 0 Å². The highest BCUT2D eigenvalue weighted by Crippen LogP contribution is 2.23. The minimum absolute atomic E-state index is 0. The number of benzene rings is 1. The summed E-state index contributed by atoms with van der Waals surface area (Å²) < 4.78 is 17.7. The molecule has 27 heavy (non-hydrogen) atoms. The number of ether oxygens (including phenoxy) is 1. The fourth-order valence-corrected chi connectivity index (χ4v) is 4.92. The van der Waals surface area contributed by atoms with Gasteiger partial charge in [-0.15, -0.1) is 24.0 Å². The van der Waals surface area contributed by atoms with Crippen molar-refractivity contribution >= 4 is 52.3 Å². The number of aliphatic imine (C=N–C) groups is 1. The Kier molecular flexibility index (Phi) is 11.8. The van der Waals surface area contributed by atoms with Crippen molar-refractivity contribution in [2.24, 2.45) is 4.99 Å². The summed E-state index contributed by atoms with van der Waals surface area (Å²) in [7, 11) is 2.73. The van der Waals surface area contributed by atoms with Gasteiger partial charge >= 0.3 is 0 Å². The molecule has 1 saturated carbocycles. The Bertz CT molecular complexity index is 633. The molecule has 0 heterocycles. The van der Waals surface area contributed by atoms with E-state index in [4.69, 9.17) is 16.3 Å². The zero-order valence-electron chi connectivity index (χ0n) is 16.2. The van der Waals surface area contributed by atoms with Gasteiger partial charge in [-0.25, -0.2) is 0 Å². The number of guanidine groups is 1. The van der Waals surface area contributed by atoms with Crippen molar-refractivity contribution in [3.63, 3.8) is 0 Å². The van der Waals surface area contributed by atoms with Gasteiger partial charge < -0.3 is 15.4 Å². The first kappa shape index (κ1) is 24.7. The molecule has 1 aliphatic carbocycles. The van der Waals surface area contributed by atoms with E-state index >= 15 is 0 Å². The molecule has 0 bridgehead atoms. The van der Waals surface area contributed by atoms with Crippen molar-refractivity contribution in [3.05, 3.63) is 34.9 Å². The van der Waals surface area contributed by atoms with E-state index in [0.717, 1.165) is 43.0 Å². The topological polar surface area (TPSA) is 62.7 Å². The Hall–Kier alpha value is -0.380. The second-order valence-electron chi connectivity index (χ2n) is 6.53. The van der Waals surface area contributed by atoms with Crippen LogP contribution in [0.1, 0.15) is 44.3 Å². The summed E-state index contributed by atoms with van der Waals surface area (Å²) in [5.41, 5.74) is 1.03. The highest BCUT2D eigenvalue weighted by atomic mass is 127. The first-order chi connectivity index (χ1) is 12.6. The van der Waals surface area contributed by atoms with Gasteiger partial charge in [-0.3, -0.25) is 9.20 Å². The molecule has 4 atom stereocenters. The van der Waals surface area contributed by atoms with Crippen molar-refractivity contribution in [3.8, 4) is 0 Å². The predicted molar refractivity (Wildman–Crippen MR) is 126 cm³/mol. The molecule has 8 heteroatoms.